The molecule has 8 rings (SSSR count). The van der Waals surface area contributed by atoms with Crippen LogP contribution in [0.25, 0.3) is 65.6 Å². The van der Waals surface area contributed by atoms with E-state index >= 15 is 0 Å². The number of benzene rings is 5. The lowest BCUT2D eigenvalue weighted by Crippen LogP contribution is -1.95. The standard InChI is InChI=1S/C31H19FN2/c1-18-6-4-8-22-21-7-2-3-11-27(21)33(30(18)22)20-13-15-29-26(17-20)24-10-5-9-23-25-16-19(32)12-14-28(25)34(29)31(23)24/h2-17H,1H3. The summed E-state index contributed by atoms with van der Waals surface area (Å²) in [5.74, 6) is -0.199. The summed E-state index contributed by atoms with van der Waals surface area (Å²) < 4.78 is 18.8. The van der Waals surface area contributed by atoms with Crippen molar-refractivity contribution in [2.45, 2.75) is 6.92 Å². The van der Waals surface area contributed by atoms with E-state index in [4.69, 9.17) is 0 Å². The minimum Gasteiger partial charge on any atom is -0.309 e. The zero-order chi connectivity index (χ0) is 22.6. The molecule has 0 amide bonds. The van der Waals surface area contributed by atoms with Crippen molar-refractivity contribution in [3.8, 4) is 5.69 Å². The van der Waals surface area contributed by atoms with Crippen molar-refractivity contribution < 1.29 is 4.39 Å². The number of hydrogen-bond donors (Lipinski definition) is 0. The molecular formula is C31H19FN2. The van der Waals surface area contributed by atoms with Crippen LogP contribution in [0.4, 0.5) is 4.39 Å². The lowest BCUT2D eigenvalue weighted by Gasteiger charge is -2.10. The van der Waals surface area contributed by atoms with E-state index in [9.17, 15) is 4.39 Å². The number of rotatable bonds is 1. The molecule has 0 bridgehead atoms. The average molecular weight is 439 g/mol. The van der Waals surface area contributed by atoms with Crippen LogP contribution < -0.4 is 0 Å². The largest absolute Gasteiger partial charge is 0.309 e. The van der Waals surface area contributed by atoms with Gasteiger partial charge in [0, 0.05) is 38.0 Å². The molecule has 160 valence electrons. The van der Waals surface area contributed by atoms with Gasteiger partial charge in [-0.2, -0.15) is 0 Å². The van der Waals surface area contributed by atoms with Gasteiger partial charge in [-0.3, -0.25) is 0 Å². The molecule has 0 aliphatic carbocycles. The third-order valence-corrected chi connectivity index (χ3v) is 7.42. The lowest BCUT2D eigenvalue weighted by atomic mass is 10.1. The lowest BCUT2D eigenvalue weighted by molar-refractivity contribution is 0.630. The van der Waals surface area contributed by atoms with Gasteiger partial charge in [0.1, 0.15) is 5.82 Å². The molecule has 3 heterocycles. The van der Waals surface area contributed by atoms with E-state index in [1.165, 1.54) is 38.1 Å². The second-order valence-corrected chi connectivity index (χ2v) is 9.22. The van der Waals surface area contributed by atoms with Crippen LogP contribution in [-0.2, 0) is 0 Å². The third kappa shape index (κ3) is 2.10. The fourth-order valence-corrected chi connectivity index (χ4v) is 6.04. The molecule has 0 fully saturated rings. The first-order chi connectivity index (χ1) is 16.7. The van der Waals surface area contributed by atoms with Crippen molar-refractivity contribution in [2.75, 3.05) is 0 Å². The molecule has 3 heteroatoms. The van der Waals surface area contributed by atoms with Crippen LogP contribution in [0.2, 0.25) is 0 Å². The van der Waals surface area contributed by atoms with Crippen LogP contribution in [-0.4, -0.2) is 8.97 Å². The van der Waals surface area contributed by atoms with E-state index in [0.29, 0.717) is 0 Å². The number of hydrogen-bond acceptors (Lipinski definition) is 0. The average Bonchev–Trinajstić information content (AvgIpc) is 3.49. The van der Waals surface area contributed by atoms with Crippen LogP contribution >= 0.6 is 0 Å². The first-order valence-electron chi connectivity index (χ1n) is 11.6. The highest BCUT2D eigenvalue weighted by molar-refractivity contribution is 6.23. The van der Waals surface area contributed by atoms with Gasteiger partial charge in [-0.05, 0) is 55.0 Å². The number of aromatic nitrogens is 2. The zero-order valence-corrected chi connectivity index (χ0v) is 18.5. The highest BCUT2D eigenvalue weighted by Crippen LogP contribution is 2.41. The molecule has 0 radical (unpaired) electrons. The van der Waals surface area contributed by atoms with E-state index < -0.39 is 0 Å². The number of fused-ring (bicyclic) bond motifs is 9. The maximum Gasteiger partial charge on any atom is 0.123 e. The molecule has 0 unspecified atom stereocenters. The van der Waals surface area contributed by atoms with Gasteiger partial charge in [0.25, 0.3) is 0 Å². The van der Waals surface area contributed by atoms with E-state index in [-0.39, 0.29) is 5.82 Å². The molecule has 2 nitrogen and oxygen atoms in total. The van der Waals surface area contributed by atoms with Gasteiger partial charge < -0.3 is 8.97 Å². The molecule has 5 aromatic carbocycles. The molecule has 0 N–H and O–H groups in total. The van der Waals surface area contributed by atoms with Gasteiger partial charge >= 0.3 is 0 Å². The van der Waals surface area contributed by atoms with Gasteiger partial charge in [-0.25, -0.2) is 4.39 Å². The first-order valence-corrected chi connectivity index (χ1v) is 11.6. The maximum absolute atomic E-state index is 14.1. The van der Waals surface area contributed by atoms with Crippen molar-refractivity contribution in [1.29, 1.82) is 0 Å². The molecule has 3 aromatic heterocycles. The van der Waals surface area contributed by atoms with E-state index in [1.54, 1.807) is 12.1 Å². The van der Waals surface area contributed by atoms with Crippen LogP contribution in [0.3, 0.4) is 0 Å². The number of halogens is 1. The van der Waals surface area contributed by atoms with E-state index in [0.717, 1.165) is 33.0 Å². The fourth-order valence-electron chi connectivity index (χ4n) is 6.04. The number of nitrogens with zero attached hydrogens (tertiary/aromatic N) is 2. The highest BCUT2D eigenvalue weighted by atomic mass is 19.1. The normalized spacial score (nSPS) is 12.4. The SMILES string of the molecule is Cc1cccc2c3ccccc3n(-c3ccc4c(c3)c3cccc5c6cc(F)ccc6n4c53)c12. The quantitative estimate of drug-likeness (QED) is 0.243. The Morgan fingerprint density at radius 2 is 1.18 bits per heavy atom. The molecule has 8 aromatic rings. The van der Waals surface area contributed by atoms with E-state index in [2.05, 4.69) is 94.8 Å². The van der Waals surface area contributed by atoms with Crippen LogP contribution in [0.1, 0.15) is 5.56 Å². The summed E-state index contributed by atoms with van der Waals surface area (Å²) in [6, 6.07) is 33.4. The summed E-state index contributed by atoms with van der Waals surface area (Å²) in [4.78, 5) is 0. The van der Waals surface area contributed by atoms with Crippen molar-refractivity contribution in [3.05, 3.63) is 108 Å². The Labute approximate surface area is 194 Å². The van der Waals surface area contributed by atoms with Crippen molar-refractivity contribution in [1.82, 2.24) is 8.97 Å². The summed E-state index contributed by atoms with van der Waals surface area (Å²) in [6.45, 7) is 2.18. The number of aryl methyl sites for hydroxylation is 1. The van der Waals surface area contributed by atoms with Crippen molar-refractivity contribution in [2.24, 2.45) is 0 Å². The minimum atomic E-state index is -0.199. The maximum atomic E-state index is 14.1. The highest BCUT2D eigenvalue weighted by Gasteiger charge is 2.19. The van der Waals surface area contributed by atoms with Crippen LogP contribution in [0.5, 0.6) is 0 Å². The Bertz CT molecular complexity index is 2090. The summed E-state index contributed by atoms with van der Waals surface area (Å²) in [7, 11) is 0. The van der Waals surface area contributed by atoms with Crippen LogP contribution in [0.15, 0.2) is 97.1 Å². The minimum absolute atomic E-state index is 0.199. The summed E-state index contributed by atoms with van der Waals surface area (Å²) >= 11 is 0. The van der Waals surface area contributed by atoms with Gasteiger partial charge in [-0.15, -0.1) is 0 Å². The van der Waals surface area contributed by atoms with Gasteiger partial charge in [0.05, 0.1) is 27.6 Å². The summed E-state index contributed by atoms with van der Waals surface area (Å²) in [5, 5.41) is 7.01. The molecule has 0 saturated carbocycles. The van der Waals surface area contributed by atoms with E-state index in [1.807, 2.05) is 6.07 Å². The predicted molar refractivity (Wildman–Crippen MR) is 140 cm³/mol. The Hall–Kier alpha value is -4.37. The smallest absolute Gasteiger partial charge is 0.123 e. The predicted octanol–water partition coefficient (Wildman–Crippen LogP) is 8.38. The topological polar surface area (TPSA) is 9.34 Å². The fraction of sp³-hybridized carbons (Fsp3) is 0.0323. The zero-order valence-electron chi connectivity index (χ0n) is 18.5. The second kappa shape index (κ2) is 6.15. The van der Waals surface area contributed by atoms with Gasteiger partial charge in [-0.1, -0.05) is 54.6 Å². The van der Waals surface area contributed by atoms with Gasteiger partial charge in [0.15, 0.2) is 0 Å². The monoisotopic (exact) mass is 438 g/mol. The molecule has 0 atom stereocenters. The summed E-state index contributed by atoms with van der Waals surface area (Å²) in [6.07, 6.45) is 0. The third-order valence-electron chi connectivity index (χ3n) is 7.42. The molecule has 0 aliphatic heterocycles. The van der Waals surface area contributed by atoms with Gasteiger partial charge in [0.2, 0.25) is 0 Å². The Kier molecular flexibility index (Phi) is 3.27. The van der Waals surface area contributed by atoms with Crippen molar-refractivity contribution in [3.63, 3.8) is 0 Å². The Morgan fingerprint density at radius 1 is 0.529 bits per heavy atom. The Morgan fingerprint density at radius 3 is 2.00 bits per heavy atom. The molecule has 0 aliphatic rings. The Balaban J connectivity index is 1.54. The van der Waals surface area contributed by atoms with Crippen molar-refractivity contribution >= 4 is 59.9 Å². The second-order valence-electron chi connectivity index (χ2n) is 9.22. The first kappa shape index (κ1) is 18.1. The number of para-hydroxylation sites is 3. The van der Waals surface area contributed by atoms with Crippen LogP contribution in [0, 0.1) is 12.7 Å². The summed E-state index contributed by atoms with van der Waals surface area (Å²) in [5.41, 5.74) is 8.22. The molecule has 0 saturated heterocycles. The molecule has 34 heavy (non-hydrogen) atoms. The molecular weight excluding hydrogens is 419 g/mol. The molecule has 0 spiro atoms.